The molecule has 0 radical (unpaired) electrons. The summed E-state index contributed by atoms with van der Waals surface area (Å²) in [6, 6.07) is 6.88. The molecule has 1 N–H and O–H groups in total. The van der Waals surface area contributed by atoms with Crippen LogP contribution >= 0.6 is 0 Å². The number of aromatic nitrogens is 1. The Kier molecular flexibility index (Phi) is 2.59. The lowest BCUT2D eigenvalue weighted by Crippen LogP contribution is -1.95. The van der Waals surface area contributed by atoms with Gasteiger partial charge < -0.3 is 14.4 Å². The third-order valence-electron chi connectivity index (χ3n) is 2.15. The van der Waals surface area contributed by atoms with Crippen LogP contribution in [0.1, 0.15) is 10.4 Å². The lowest BCUT2D eigenvalue weighted by molar-refractivity contribution is 0.0697. The lowest BCUT2D eigenvalue weighted by Gasteiger charge is -2.00. The van der Waals surface area contributed by atoms with Crippen LogP contribution in [0, 0.1) is 0 Å². The van der Waals surface area contributed by atoms with E-state index in [-0.39, 0.29) is 11.3 Å². The van der Waals surface area contributed by atoms with Crippen LogP contribution in [0.3, 0.4) is 0 Å². The van der Waals surface area contributed by atoms with Crippen LogP contribution in [0.15, 0.2) is 35.0 Å². The highest BCUT2D eigenvalue weighted by Gasteiger charge is 2.16. The first-order chi connectivity index (χ1) is 7.72. The molecule has 0 unspecified atom stereocenters. The molecule has 0 saturated heterocycles. The highest BCUT2D eigenvalue weighted by atomic mass is 16.5. The number of rotatable bonds is 3. The third kappa shape index (κ3) is 1.75. The van der Waals surface area contributed by atoms with Crippen LogP contribution in [0.4, 0.5) is 0 Å². The number of carboxylic acid groups (broad SMARTS) is 1. The average Bonchev–Trinajstić information content (AvgIpc) is 2.78. The highest BCUT2D eigenvalue weighted by Crippen LogP contribution is 2.25. The molecule has 0 aliphatic rings. The predicted molar refractivity (Wildman–Crippen MR) is 55.5 cm³/mol. The Labute approximate surface area is 91.3 Å². The number of ether oxygens (including phenoxy) is 1. The van der Waals surface area contributed by atoms with Gasteiger partial charge in [0.05, 0.1) is 13.3 Å². The molecule has 16 heavy (non-hydrogen) atoms. The van der Waals surface area contributed by atoms with E-state index in [9.17, 15) is 4.79 Å². The standard InChI is InChI=1S/C11H9NO4/c1-15-8-4-2-7(3-5-8)10-9(11(13)14)6-12-16-10/h2-6H,1H3,(H,13,14). The second-order valence-corrected chi connectivity index (χ2v) is 3.10. The molecule has 2 aromatic rings. The molecule has 1 aromatic heterocycles. The number of methoxy groups -OCH3 is 1. The van der Waals surface area contributed by atoms with Crippen LogP contribution in [0.25, 0.3) is 11.3 Å². The average molecular weight is 219 g/mol. The summed E-state index contributed by atoms with van der Waals surface area (Å²) < 4.78 is 9.92. The van der Waals surface area contributed by atoms with Crippen molar-refractivity contribution in [3.05, 3.63) is 36.0 Å². The Morgan fingerprint density at radius 2 is 2.06 bits per heavy atom. The zero-order valence-electron chi connectivity index (χ0n) is 8.51. The van der Waals surface area contributed by atoms with Gasteiger partial charge in [-0.3, -0.25) is 0 Å². The molecule has 0 amide bonds. The van der Waals surface area contributed by atoms with Gasteiger partial charge >= 0.3 is 5.97 Å². The van der Waals surface area contributed by atoms with Crippen molar-refractivity contribution in [1.82, 2.24) is 5.16 Å². The van der Waals surface area contributed by atoms with Crippen LogP contribution < -0.4 is 4.74 Å². The van der Waals surface area contributed by atoms with Gasteiger partial charge in [-0.15, -0.1) is 0 Å². The highest BCUT2D eigenvalue weighted by molar-refractivity contribution is 5.93. The molecule has 2 rings (SSSR count). The topological polar surface area (TPSA) is 72.6 Å². The fraction of sp³-hybridized carbons (Fsp3) is 0.0909. The SMILES string of the molecule is COc1ccc(-c2oncc2C(=O)O)cc1. The van der Waals surface area contributed by atoms with Gasteiger partial charge in [-0.1, -0.05) is 5.16 Å². The fourth-order valence-corrected chi connectivity index (χ4v) is 1.34. The van der Waals surface area contributed by atoms with Crippen molar-refractivity contribution < 1.29 is 19.2 Å². The van der Waals surface area contributed by atoms with Gasteiger partial charge in [0.1, 0.15) is 11.3 Å². The summed E-state index contributed by atoms with van der Waals surface area (Å²) in [4.78, 5) is 10.9. The molecule has 1 heterocycles. The largest absolute Gasteiger partial charge is 0.497 e. The number of aromatic carboxylic acids is 1. The summed E-state index contributed by atoms with van der Waals surface area (Å²) in [7, 11) is 1.56. The molecule has 0 bridgehead atoms. The van der Waals surface area contributed by atoms with Crippen molar-refractivity contribution in [2.45, 2.75) is 0 Å². The summed E-state index contributed by atoms with van der Waals surface area (Å²) in [6.45, 7) is 0. The first-order valence-electron chi connectivity index (χ1n) is 4.55. The molecular weight excluding hydrogens is 210 g/mol. The maximum atomic E-state index is 10.9. The zero-order valence-corrected chi connectivity index (χ0v) is 8.51. The molecule has 1 aromatic carbocycles. The number of benzene rings is 1. The summed E-state index contributed by atoms with van der Waals surface area (Å²) in [5, 5.41) is 12.4. The number of nitrogens with zero attached hydrogens (tertiary/aromatic N) is 1. The Hall–Kier alpha value is -2.30. The number of hydrogen-bond donors (Lipinski definition) is 1. The third-order valence-corrected chi connectivity index (χ3v) is 2.15. The first kappa shape index (κ1) is 10.2. The monoisotopic (exact) mass is 219 g/mol. The van der Waals surface area contributed by atoms with Crippen molar-refractivity contribution in [2.24, 2.45) is 0 Å². The Morgan fingerprint density at radius 1 is 1.38 bits per heavy atom. The molecule has 0 aliphatic carbocycles. The maximum Gasteiger partial charge on any atom is 0.341 e. The summed E-state index contributed by atoms with van der Waals surface area (Å²) in [5.74, 6) is -0.123. The molecule has 0 aliphatic heterocycles. The van der Waals surface area contributed by atoms with E-state index in [0.29, 0.717) is 11.3 Å². The molecule has 0 fully saturated rings. The van der Waals surface area contributed by atoms with Crippen molar-refractivity contribution in [1.29, 1.82) is 0 Å². The first-order valence-corrected chi connectivity index (χ1v) is 4.55. The van der Waals surface area contributed by atoms with E-state index in [4.69, 9.17) is 14.4 Å². The van der Waals surface area contributed by atoms with Crippen LogP contribution in [-0.2, 0) is 0 Å². The van der Waals surface area contributed by atoms with Crippen LogP contribution in [0.2, 0.25) is 0 Å². The van der Waals surface area contributed by atoms with Gasteiger partial charge in [-0.2, -0.15) is 0 Å². The predicted octanol–water partition coefficient (Wildman–Crippen LogP) is 2.05. The van der Waals surface area contributed by atoms with E-state index in [1.54, 1.807) is 31.4 Å². The Morgan fingerprint density at radius 3 is 2.62 bits per heavy atom. The minimum absolute atomic E-state index is 0.0465. The quantitative estimate of drug-likeness (QED) is 0.855. The van der Waals surface area contributed by atoms with Gasteiger partial charge in [0.25, 0.3) is 0 Å². The molecule has 0 atom stereocenters. The second kappa shape index (κ2) is 4.06. The van der Waals surface area contributed by atoms with E-state index in [2.05, 4.69) is 5.16 Å². The number of hydrogen-bond acceptors (Lipinski definition) is 4. The molecule has 0 saturated carbocycles. The minimum atomic E-state index is -1.06. The fourth-order valence-electron chi connectivity index (χ4n) is 1.34. The van der Waals surface area contributed by atoms with E-state index < -0.39 is 5.97 Å². The number of carboxylic acids is 1. The van der Waals surface area contributed by atoms with Crippen molar-refractivity contribution in [3.63, 3.8) is 0 Å². The molecule has 82 valence electrons. The Balaban J connectivity index is 2.42. The normalized spacial score (nSPS) is 10.1. The maximum absolute atomic E-state index is 10.9. The van der Waals surface area contributed by atoms with E-state index in [0.717, 1.165) is 0 Å². The van der Waals surface area contributed by atoms with Gasteiger partial charge in [0.2, 0.25) is 0 Å². The summed E-state index contributed by atoms with van der Waals surface area (Å²) in [5.41, 5.74) is 0.695. The van der Waals surface area contributed by atoms with Gasteiger partial charge in [-0.25, -0.2) is 4.79 Å². The van der Waals surface area contributed by atoms with Crippen LogP contribution in [0.5, 0.6) is 5.75 Å². The van der Waals surface area contributed by atoms with Crippen molar-refractivity contribution in [3.8, 4) is 17.1 Å². The minimum Gasteiger partial charge on any atom is -0.497 e. The van der Waals surface area contributed by atoms with Crippen molar-refractivity contribution >= 4 is 5.97 Å². The second-order valence-electron chi connectivity index (χ2n) is 3.10. The Bertz CT molecular complexity index is 501. The molecule has 5 nitrogen and oxygen atoms in total. The van der Waals surface area contributed by atoms with E-state index >= 15 is 0 Å². The number of carbonyl (C=O) groups is 1. The van der Waals surface area contributed by atoms with Crippen molar-refractivity contribution in [2.75, 3.05) is 7.11 Å². The smallest absolute Gasteiger partial charge is 0.341 e. The molecular formula is C11H9NO4. The summed E-state index contributed by atoms with van der Waals surface area (Å²) >= 11 is 0. The van der Waals surface area contributed by atoms with Gasteiger partial charge in [0, 0.05) is 5.56 Å². The molecule has 5 heteroatoms. The van der Waals surface area contributed by atoms with Crippen LogP contribution in [-0.4, -0.2) is 23.3 Å². The van der Waals surface area contributed by atoms with E-state index in [1.807, 2.05) is 0 Å². The van der Waals surface area contributed by atoms with Gasteiger partial charge in [-0.05, 0) is 24.3 Å². The van der Waals surface area contributed by atoms with E-state index in [1.165, 1.54) is 6.20 Å². The zero-order chi connectivity index (χ0) is 11.5. The van der Waals surface area contributed by atoms with Gasteiger partial charge in [0.15, 0.2) is 5.76 Å². The molecule has 0 spiro atoms. The summed E-state index contributed by atoms with van der Waals surface area (Å²) in [6.07, 6.45) is 1.18. The lowest BCUT2D eigenvalue weighted by atomic mass is 10.1.